The van der Waals surface area contributed by atoms with Gasteiger partial charge in [0.15, 0.2) is 0 Å². The van der Waals surface area contributed by atoms with Crippen molar-refractivity contribution >= 4 is 28.8 Å². The standard InChI is InChI=1S/C20H17NO/c1-15(22)13-17-6-4-5-16(14-17)9-11-19-12-10-18-7-2-3-8-20(18)21-19/h2-12,14H,13H2,1H3/b11-9+. The number of fused-ring (bicyclic) bond motifs is 1. The van der Waals surface area contributed by atoms with E-state index < -0.39 is 0 Å². The lowest BCUT2D eigenvalue weighted by molar-refractivity contribution is -0.116. The van der Waals surface area contributed by atoms with Crippen molar-refractivity contribution in [1.29, 1.82) is 0 Å². The Morgan fingerprint density at radius 3 is 2.73 bits per heavy atom. The Kier molecular flexibility index (Phi) is 4.10. The van der Waals surface area contributed by atoms with Gasteiger partial charge in [0.05, 0.1) is 11.2 Å². The second-order valence-corrected chi connectivity index (χ2v) is 5.39. The van der Waals surface area contributed by atoms with Gasteiger partial charge in [0.1, 0.15) is 5.78 Å². The number of hydrogen-bond donors (Lipinski definition) is 0. The first-order valence-corrected chi connectivity index (χ1v) is 7.33. The molecule has 0 N–H and O–H groups in total. The first-order chi connectivity index (χ1) is 10.7. The fourth-order valence-corrected chi connectivity index (χ4v) is 2.45. The summed E-state index contributed by atoms with van der Waals surface area (Å²) in [6, 6.07) is 20.2. The van der Waals surface area contributed by atoms with Crippen molar-refractivity contribution in [2.24, 2.45) is 0 Å². The Bertz CT molecular complexity index is 849. The lowest BCUT2D eigenvalue weighted by atomic mass is 10.1. The summed E-state index contributed by atoms with van der Waals surface area (Å²) in [7, 11) is 0. The fraction of sp³-hybridized carbons (Fsp3) is 0.100. The van der Waals surface area contributed by atoms with Gasteiger partial charge in [-0.1, -0.05) is 54.6 Å². The minimum absolute atomic E-state index is 0.178. The number of pyridine rings is 1. The molecule has 2 aromatic carbocycles. The molecule has 1 heterocycles. The summed E-state index contributed by atoms with van der Waals surface area (Å²) in [6.07, 6.45) is 4.51. The molecule has 0 spiro atoms. The molecule has 0 atom stereocenters. The van der Waals surface area contributed by atoms with Crippen LogP contribution in [-0.2, 0) is 11.2 Å². The summed E-state index contributed by atoms with van der Waals surface area (Å²) in [6.45, 7) is 1.61. The van der Waals surface area contributed by atoms with Gasteiger partial charge in [-0.05, 0) is 36.3 Å². The fourth-order valence-electron chi connectivity index (χ4n) is 2.45. The Labute approximate surface area is 130 Å². The predicted molar refractivity (Wildman–Crippen MR) is 91.5 cm³/mol. The van der Waals surface area contributed by atoms with E-state index in [2.05, 4.69) is 17.1 Å². The lowest BCUT2D eigenvalue weighted by Crippen LogP contribution is -1.95. The van der Waals surface area contributed by atoms with Gasteiger partial charge in [-0.2, -0.15) is 0 Å². The molecule has 22 heavy (non-hydrogen) atoms. The third kappa shape index (κ3) is 3.47. The second-order valence-electron chi connectivity index (χ2n) is 5.39. The molecule has 1 aromatic heterocycles. The van der Waals surface area contributed by atoms with E-state index >= 15 is 0 Å². The van der Waals surface area contributed by atoms with Gasteiger partial charge in [0, 0.05) is 11.8 Å². The third-order valence-electron chi connectivity index (χ3n) is 3.47. The minimum atomic E-state index is 0.178. The van der Waals surface area contributed by atoms with Gasteiger partial charge < -0.3 is 0 Å². The molecule has 0 saturated carbocycles. The molecule has 0 aliphatic rings. The maximum absolute atomic E-state index is 11.2. The van der Waals surface area contributed by atoms with Gasteiger partial charge in [-0.3, -0.25) is 4.79 Å². The van der Waals surface area contributed by atoms with E-state index in [0.717, 1.165) is 27.7 Å². The number of para-hydroxylation sites is 1. The molecule has 0 unspecified atom stereocenters. The minimum Gasteiger partial charge on any atom is -0.300 e. The third-order valence-corrected chi connectivity index (χ3v) is 3.47. The molecule has 2 nitrogen and oxygen atoms in total. The zero-order valence-corrected chi connectivity index (χ0v) is 12.5. The smallest absolute Gasteiger partial charge is 0.134 e. The van der Waals surface area contributed by atoms with Crippen molar-refractivity contribution < 1.29 is 4.79 Å². The van der Waals surface area contributed by atoms with E-state index in [1.807, 2.05) is 60.7 Å². The van der Waals surface area contributed by atoms with Crippen molar-refractivity contribution in [3.8, 4) is 0 Å². The summed E-state index contributed by atoms with van der Waals surface area (Å²) in [5, 5.41) is 1.14. The van der Waals surface area contributed by atoms with Gasteiger partial charge in [0.2, 0.25) is 0 Å². The molecule has 0 amide bonds. The molecule has 0 fully saturated rings. The van der Waals surface area contributed by atoms with Crippen LogP contribution in [0.15, 0.2) is 60.7 Å². The first kappa shape index (κ1) is 14.2. The van der Waals surface area contributed by atoms with E-state index in [4.69, 9.17) is 0 Å². The van der Waals surface area contributed by atoms with Crippen LogP contribution in [-0.4, -0.2) is 10.8 Å². The van der Waals surface area contributed by atoms with Crippen LogP contribution in [0.3, 0.4) is 0 Å². The molecular formula is C20H17NO. The van der Waals surface area contributed by atoms with Crippen LogP contribution < -0.4 is 0 Å². The van der Waals surface area contributed by atoms with Crippen molar-refractivity contribution in [3.63, 3.8) is 0 Å². The summed E-state index contributed by atoms with van der Waals surface area (Å²) < 4.78 is 0. The monoisotopic (exact) mass is 287 g/mol. The number of Topliss-reactive ketones (excluding diaryl/α,β-unsaturated/α-hetero) is 1. The Morgan fingerprint density at radius 1 is 1.00 bits per heavy atom. The number of carbonyl (C=O) groups is 1. The zero-order chi connectivity index (χ0) is 15.4. The van der Waals surface area contributed by atoms with E-state index in [0.29, 0.717) is 6.42 Å². The molecule has 3 aromatic rings. The number of aromatic nitrogens is 1. The highest BCUT2D eigenvalue weighted by Gasteiger charge is 1.98. The second kappa shape index (κ2) is 6.35. The van der Waals surface area contributed by atoms with Gasteiger partial charge in [-0.25, -0.2) is 4.98 Å². The Morgan fingerprint density at radius 2 is 1.86 bits per heavy atom. The highest BCUT2D eigenvalue weighted by molar-refractivity contribution is 5.81. The highest BCUT2D eigenvalue weighted by Crippen LogP contribution is 2.14. The number of hydrogen-bond acceptors (Lipinski definition) is 2. The van der Waals surface area contributed by atoms with Crippen molar-refractivity contribution in [2.45, 2.75) is 13.3 Å². The van der Waals surface area contributed by atoms with Crippen molar-refractivity contribution in [3.05, 3.63) is 77.5 Å². The molecule has 3 rings (SSSR count). The van der Waals surface area contributed by atoms with Gasteiger partial charge >= 0.3 is 0 Å². The molecular weight excluding hydrogens is 270 g/mol. The Hall–Kier alpha value is -2.74. The SMILES string of the molecule is CC(=O)Cc1cccc(/C=C/c2ccc3ccccc3n2)c1. The molecule has 0 bridgehead atoms. The van der Waals surface area contributed by atoms with Crippen LogP contribution in [0, 0.1) is 0 Å². The van der Waals surface area contributed by atoms with E-state index in [9.17, 15) is 4.79 Å². The number of nitrogens with zero attached hydrogens (tertiary/aromatic N) is 1. The van der Waals surface area contributed by atoms with E-state index in [1.165, 1.54) is 0 Å². The highest BCUT2D eigenvalue weighted by atomic mass is 16.1. The molecule has 0 aliphatic heterocycles. The quantitative estimate of drug-likeness (QED) is 0.705. The van der Waals surface area contributed by atoms with Crippen LogP contribution in [0.25, 0.3) is 23.1 Å². The average molecular weight is 287 g/mol. The van der Waals surface area contributed by atoms with Crippen molar-refractivity contribution in [1.82, 2.24) is 4.98 Å². The van der Waals surface area contributed by atoms with Crippen LogP contribution in [0.4, 0.5) is 0 Å². The average Bonchev–Trinajstić information content (AvgIpc) is 2.52. The van der Waals surface area contributed by atoms with Crippen LogP contribution in [0.2, 0.25) is 0 Å². The van der Waals surface area contributed by atoms with Crippen LogP contribution in [0.1, 0.15) is 23.7 Å². The normalized spacial score (nSPS) is 11.1. The molecule has 108 valence electrons. The largest absolute Gasteiger partial charge is 0.300 e. The van der Waals surface area contributed by atoms with E-state index in [1.54, 1.807) is 6.92 Å². The van der Waals surface area contributed by atoms with Crippen molar-refractivity contribution in [2.75, 3.05) is 0 Å². The number of carbonyl (C=O) groups excluding carboxylic acids is 1. The number of rotatable bonds is 4. The topological polar surface area (TPSA) is 30.0 Å². The summed E-state index contributed by atoms with van der Waals surface area (Å²) in [5.74, 6) is 0.178. The van der Waals surface area contributed by atoms with Gasteiger partial charge in [-0.15, -0.1) is 0 Å². The Balaban J connectivity index is 1.84. The molecule has 0 saturated heterocycles. The van der Waals surface area contributed by atoms with Crippen LogP contribution >= 0.6 is 0 Å². The first-order valence-electron chi connectivity index (χ1n) is 7.33. The van der Waals surface area contributed by atoms with E-state index in [-0.39, 0.29) is 5.78 Å². The molecule has 0 radical (unpaired) electrons. The maximum Gasteiger partial charge on any atom is 0.134 e. The number of ketones is 1. The predicted octanol–water partition coefficient (Wildman–Crippen LogP) is 4.54. The van der Waals surface area contributed by atoms with Gasteiger partial charge in [0.25, 0.3) is 0 Å². The number of benzene rings is 2. The molecule has 2 heteroatoms. The summed E-state index contributed by atoms with van der Waals surface area (Å²) in [4.78, 5) is 15.8. The zero-order valence-electron chi connectivity index (χ0n) is 12.5. The maximum atomic E-state index is 11.2. The summed E-state index contributed by atoms with van der Waals surface area (Å²) in [5.41, 5.74) is 4.04. The summed E-state index contributed by atoms with van der Waals surface area (Å²) >= 11 is 0. The lowest BCUT2D eigenvalue weighted by Gasteiger charge is -2.01. The molecule has 0 aliphatic carbocycles. The van der Waals surface area contributed by atoms with Crippen LogP contribution in [0.5, 0.6) is 0 Å².